The molecule has 0 N–H and O–H groups in total. The molecule has 0 aromatic carbocycles. The van der Waals surface area contributed by atoms with Crippen molar-refractivity contribution in [3.05, 3.63) is 34.0 Å². The number of alkyl halides is 1. The molecule has 0 atom stereocenters. The Kier molecular flexibility index (Phi) is 3.15. The van der Waals surface area contributed by atoms with Crippen molar-refractivity contribution in [1.82, 2.24) is 9.97 Å². The van der Waals surface area contributed by atoms with Crippen LogP contribution in [0.3, 0.4) is 0 Å². The summed E-state index contributed by atoms with van der Waals surface area (Å²) in [6.07, 6.45) is 3.54. The summed E-state index contributed by atoms with van der Waals surface area (Å²) < 4.78 is 0.815. The van der Waals surface area contributed by atoms with Crippen LogP contribution >= 0.6 is 38.9 Å². The maximum absolute atomic E-state index is 5.71. The Morgan fingerprint density at radius 3 is 2.93 bits per heavy atom. The average molecular weight is 290 g/mol. The number of halogens is 2. The number of pyridine rings is 1. The highest BCUT2D eigenvalue weighted by molar-refractivity contribution is 9.10. The fraction of sp³-hybridized carbons (Fsp3) is 0.111. The molecule has 0 saturated carbocycles. The second-order valence-electron chi connectivity index (χ2n) is 2.61. The lowest BCUT2D eigenvalue weighted by atomic mass is 10.3. The maximum Gasteiger partial charge on any atom is 0.126 e. The zero-order valence-electron chi connectivity index (χ0n) is 7.08. The Hall–Kier alpha value is -0.450. The van der Waals surface area contributed by atoms with Gasteiger partial charge >= 0.3 is 0 Å². The molecule has 14 heavy (non-hydrogen) atoms. The third-order valence-corrected chi connectivity index (χ3v) is 3.78. The third kappa shape index (κ3) is 1.97. The molecular formula is C9H6BrClN2S. The summed E-state index contributed by atoms with van der Waals surface area (Å²) in [7, 11) is 0. The van der Waals surface area contributed by atoms with Crippen molar-refractivity contribution in [1.29, 1.82) is 0 Å². The Balaban J connectivity index is 2.44. The maximum atomic E-state index is 5.71. The van der Waals surface area contributed by atoms with Crippen LogP contribution in [0.1, 0.15) is 4.88 Å². The zero-order valence-corrected chi connectivity index (χ0v) is 10.2. The van der Waals surface area contributed by atoms with Gasteiger partial charge in [0.05, 0.1) is 5.88 Å². The van der Waals surface area contributed by atoms with Gasteiger partial charge in [-0.3, -0.25) is 0 Å². The van der Waals surface area contributed by atoms with E-state index in [0.717, 1.165) is 20.1 Å². The van der Waals surface area contributed by atoms with Crippen LogP contribution in [-0.2, 0) is 5.88 Å². The Morgan fingerprint density at radius 2 is 2.29 bits per heavy atom. The fourth-order valence-electron chi connectivity index (χ4n) is 1.04. The van der Waals surface area contributed by atoms with Gasteiger partial charge in [-0.2, -0.15) is 0 Å². The Bertz CT molecular complexity index is 444. The van der Waals surface area contributed by atoms with Crippen molar-refractivity contribution in [2.45, 2.75) is 5.88 Å². The van der Waals surface area contributed by atoms with Crippen molar-refractivity contribution in [3.8, 4) is 10.6 Å². The molecule has 2 nitrogen and oxygen atoms in total. The van der Waals surface area contributed by atoms with E-state index in [9.17, 15) is 0 Å². The lowest BCUT2D eigenvalue weighted by Gasteiger charge is -1.97. The molecule has 0 unspecified atom stereocenters. The van der Waals surface area contributed by atoms with Crippen LogP contribution in [0.25, 0.3) is 10.6 Å². The molecule has 0 saturated heterocycles. The average Bonchev–Trinajstić information content (AvgIpc) is 2.67. The second kappa shape index (κ2) is 4.38. The van der Waals surface area contributed by atoms with Gasteiger partial charge in [0.1, 0.15) is 9.61 Å². The van der Waals surface area contributed by atoms with Gasteiger partial charge in [-0.25, -0.2) is 9.97 Å². The van der Waals surface area contributed by atoms with Crippen LogP contribution in [0.5, 0.6) is 0 Å². The van der Waals surface area contributed by atoms with E-state index >= 15 is 0 Å². The number of thiazole rings is 1. The predicted octanol–water partition coefficient (Wildman–Crippen LogP) is 3.71. The third-order valence-electron chi connectivity index (χ3n) is 1.67. The monoisotopic (exact) mass is 288 g/mol. The summed E-state index contributed by atoms with van der Waals surface area (Å²) in [4.78, 5) is 9.49. The summed E-state index contributed by atoms with van der Waals surface area (Å²) in [5.74, 6) is 0.509. The first-order chi connectivity index (χ1) is 6.81. The van der Waals surface area contributed by atoms with Crippen LogP contribution in [0, 0.1) is 0 Å². The van der Waals surface area contributed by atoms with Gasteiger partial charge in [-0.1, -0.05) is 0 Å². The van der Waals surface area contributed by atoms with E-state index in [1.807, 2.05) is 12.1 Å². The summed E-state index contributed by atoms with van der Waals surface area (Å²) in [6.45, 7) is 0. The minimum absolute atomic E-state index is 0.509. The summed E-state index contributed by atoms with van der Waals surface area (Å²) in [5, 5.41) is 0.945. The molecule has 2 rings (SSSR count). The number of rotatable bonds is 2. The number of hydrogen-bond acceptors (Lipinski definition) is 3. The van der Waals surface area contributed by atoms with E-state index in [1.165, 1.54) is 0 Å². The molecule has 0 amide bonds. The molecule has 2 heterocycles. The second-order valence-corrected chi connectivity index (χ2v) is 4.74. The van der Waals surface area contributed by atoms with Gasteiger partial charge in [-0.15, -0.1) is 22.9 Å². The zero-order chi connectivity index (χ0) is 9.97. The largest absolute Gasteiger partial charge is 0.249 e. The van der Waals surface area contributed by atoms with E-state index < -0.39 is 0 Å². The topological polar surface area (TPSA) is 25.8 Å². The lowest BCUT2D eigenvalue weighted by molar-refractivity contribution is 1.26. The molecule has 0 radical (unpaired) electrons. The van der Waals surface area contributed by atoms with Crippen molar-refractivity contribution < 1.29 is 0 Å². The highest BCUT2D eigenvalue weighted by Crippen LogP contribution is 2.30. The molecule has 0 aliphatic rings. The Labute approximate surface area is 99.1 Å². The van der Waals surface area contributed by atoms with Crippen molar-refractivity contribution in [2.24, 2.45) is 0 Å². The molecule has 2 aromatic heterocycles. The SMILES string of the molecule is ClCc1cnc(-c2cccnc2Br)s1. The first-order valence-electron chi connectivity index (χ1n) is 3.93. The van der Waals surface area contributed by atoms with E-state index in [2.05, 4.69) is 25.9 Å². The predicted molar refractivity (Wildman–Crippen MR) is 62.6 cm³/mol. The van der Waals surface area contributed by atoms with Crippen molar-refractivity contribution in [3.63, 3.8) is 0 Å². The normalized spacial score (nSPS) is 10.4. The number of aromatic nitrogens is 2. The molecule has 5 heteroatoms. The quantitative estimate of drug-likeness (QED) is 0.622. The van der Waals surface area contributed by atoms with Gasteiger partial charge in [0.15, 0.2) is 0 Å². The van der Waals surface area contributed by atoms with E-state index in [-0.39, 0.29) is 0 Å². The highest BCUT2D eigenvalue weighted by atomic mass is 79.9. The molecule has 2 aromatic rings. The van der Waals surface area contributed by atoms with Gasteiger partial charge in [0.25, 0.3) is 0 Å². The molecule has 72 valence electrons. The standard InChI is InChI=1S/C9H6BrClN2S/c10-8-7(2-1-3-12-8)9-13-5-6(4-11)14-9/h1-3,5H,4H2. The number of hydrogen-bond donors (Lipinski definition) is 0. The molecule has 0 fully saturated rings. The van der Waals surface area contributed by atoms with Gasteiger partial charge in [0.2, 0.25) is 0 Å². The molecule has 0 aliphatic heterocycles. The van der Waals surface area contributed by atoms with Gasteiger partial charge in [0, 0.05) is 22.8 Å². The minimum atomic E-state index is 0.509. The Morgan fingerprint density at radius 1 is 1.43 bits per heavy atom. The smallest absolute Gasteiger partial charge is 0.126 e. The lowest BCUT2D eigenvalue weighted by Crippen LogP contribution is -1.80. The van der Waals surface area contributed by atoms with Crippen LogP contribution < -0.4 is 0 Å². The molecular weight excluding hydrogens is 284 g/mol. The van der Waals surface area contributed by atoms with E-state index in [0.29, 0.717) is 5.88 Å². The molecule has 0 spiro atoms. The minimum Gasteiger partial charge on any atom is -0.249 e. The summed E-state index contributed by atoms with van der Waals surface area (Å²) in [6, 6.07) is 3.87. The van der Waals surface area contributed by atoms with Crippen molar-refractivity contribution >= 4 is 38.9 Å². The first-order valence-corrected chi connectivity index (χ1v) is 6.07. The van der Waals surface area contributed by atoms with Crippen LogP contribution in [0.15, 0.2) is 29.1 Å². The van der Waals surface area contributed by atoms with Crippen LogP contribution in [0.4, 0.5) is 0 Å². The highest BCUT2D eigenvalue weighted by Gasteiger charge is 2.07. The van der Waals surface area contributed by atoms with Crippen LogP contribution in [0.2, 0.25) is 0 Å². The first kappa shape index (κ1) is 10.1. The van der Waals surface area contributed by atoms with Gasteiger partial charge in [-0.05, 0) is 28.1 Å². The molecule has 0 bridgehead atoms. The van der Waals surface area contributed by atoms with E-state index in [4.69, 9.17) is 11.6 Å². The van der Waals surface area contributed by atoms with E-state index in [1.54, 1.807) is 23.7 Å². The number of nitrogens with zero attached hydrogens (tertiary/aromatic N) is 2. The van der Waals surface area contributed by atoms with Crippen molar-refractivity contribution in [2.75, 3.05) is 0 Å². The summed E-state index contributed by atoms with van der Waals surface area (Å²) in [5.41, 5.74) is 1.01. The fourth-order valence-corrected chi connectivity index (χ4v) is 2.63. The van der Waals surface area contributed by atoms with Crippen LogP contribution in [-0.4, -0.2) is 9.97 Å². The van der Waals surface area contributed by atoms with Gasteiger partial charge < -0.3 is 0 Å². The summed E-state index contributed by atoms with van der Waals surface area (Å²) >= 11 is 10.7. The molecule has 0 aliphatic carbocycles.